The van der Waals surface area contributed by atoms with Crippen LogP contribution in [0.15, 0.2) is 24.3 Å². The van der Waals surface area contributed by atoms with Crippen LogP contribution >= 0.6 is 0 Å². The summed E-state index contributed by atoms with van der Waals surface area (Å²) in [5.41, 5.74) is -1.45. The van der Waals surface area contributed by atoms with E-state index >= 15 is 0 Å². The van der Waals surface area contributed by atoms with E-state index in [-0.39, 0.29) is 5.75 Å². The zero-order chi connectivity index (χ0) is 31.3. The van der Waals surface area contributed by atoms with Gasteiger partial charge in [-0.25, -0.2) is 17.9 Å². The summed E-state index contributed by atoms with van der Waals surface area (Å²) >= 11 is 0. The number of rotatable bonds is 15. The summed E-state index contributed by atoms with van der Waals surface area (Å²) in [5, 5.41) is 41.1. The first-order chi connectivity index (χ1) is 19.7. The zero-order valence-electron chi connectivity index (χ0n) is 23.7. The number of nitrogens with zero attached hydrogens (tertiary/aromatic N) is 4. The molecule has 16 heteroatoms. The number of carboxylic acids is 3. The van der Waals surface area contributed by atoms with Gasteiger partial charge in [0.25, 0.3) is 0 Å². The van der Waals surface area contributed by atoms with E-state index < -0.39 is 46.2 Å². The summed E-state index contributed by atoms with van der Waals surface area (Å²) in [6, 6.07) is 8.33. The highest BCUT2D eigenvalue weighted by Gasteiger charge is 2.40. The summed E-state index contributed by atoms with van der Waals surface area (Å²) in [7, 11) is -1.40. The molecular weight excluding hydrogens is 574 g/mol. The Morgan fingerprint density at radius 3 is 2.29 bits per heavy atom. The second-order valence-corrected chi connectivity index (χ2v) is 12.3. The summed E-state index contributed by atoms with van der Waals surface area (Å²) in [6.07, 6.45) is 3.62. The highest BCUT2D eigenvalue weighted by atomic mass is 32.2. The van der Waals surface area contributed by atoms with Crippen molar-refractivity contribution in [1.82, 2.24) is 19.7 Å². The number of hydrogen-bond acceptors (Lipinski definition) is 11. The Balaban J connectivity index is 0.000000401. The minimum Gasteiger partial charge on any atom is -0.494 e. The van der Waals surface area contributed by atoms with Crippen LogP contribution in [0, 0.1) is 0 Å². The van der Waals surface area contributed by atoms with Gasteiger partial charge in [0.2, 0.25) is 5.95 Å². The minimum absolute atomic E-state index is 0.153. The maximum Gasteiger partial charge on any atom is 0.336 e. The van der Waals surface area contributed by atoms with Crippen LogP contribution in [0.3, 0.4) is 0 Å². The van der Waals surface area contributed by atoms with Crippen LogP contribution < -0.4 is 10.1 Å². The van der Waals surface area contributed by atoms with E-state index in [9.17, 15) is 22.8 Å². The normalized spacial score (nSPS) is 14.0. The molecule has 3 rings (SSSR count). The maximum absolute atomic E-state index is 11.4. The lowest BCUT2D eigenvalue weighted by atomic mass is 9.96. The van der Waals surface area contributed by atoms with Crippen LogP contribution in [0.25, 0.3) is 0 Å². The molecule has 15 nitrogen and oxygen atoms in total. The molecule has 0 spiro atoms. The molecule has 1 aliphatic heterocycles. The van der Waals surface area contributed by atoms with Gasteiger partial charge in [0, 0.05) is 26.4 Å². The van der Waals surface area contributed by atoms with Crippen LogP contribution in [0.5, 0.6) is 5.75 Å². The topological polar surface area (TPSA) is 221 Å². The highest BCUT2D eigenvalue weighted by Crippen LogP contribution is 2.18. The predicted molar refractivity (Wildman–Crippen MR) is 151 cm³/mol. The fourth-order valence-electron chi connectivity index (χ4n) is 4.17. The molecular formula is C26H39N5O10S. The second kappa shape index (κ2) is 16.0. The lowest BCUT2D eigenvalue weighted by Gasteiger charge is -2.26. The maximum atomic E-state index is 11.4. The number of aliphatic carboxylic acids is 3. The van der Waals surface area contributed by atoms with E-state index in [1.54, 1.807) is 11.7 Å². The van der Waals surface area contributed by atoms with Crippen LogP contribution in [-0.2, 0) is 43.6 Å². The molecule has 2 heterocycles. The van der Waals surface area contributed by atoms with E-state index in [1.165, 1.54) is 44.2 Å². The number of aryl methyl sites for hydroxylation is 1. The van der Waals surface area contributed by atoms with Crippen molar-refractivity contribution in [3.63, 3.8) is 0 Å². The molecule has 2 aromatic rings. The minimum atomic E-state index is -3.14. The van der Waals surface area contributed by atoms with E-state index in [4.69, 9.17) is 25.2 Å². The van der Waals surface area contributed by atoms with Gasteiger partial charge in [0.1, 0.15) is 11.5 Å². The van der Waals surface area contributed by atoms with Crippen molar-refractivity contribution >= 4 is 33.7 Å². The molecule has 5 N–H and O–H groups in total. The second-order valence-electron chi connectivity index (χ2n) is 10.1. The number of aromatic nitrogens is 3. The van der Waals surface area contributed by atoms with Crippen LogP contribution in [-0.4, -0.2) is 105 Å². The molecule has 1 saturated heterocycles. The number of ether oxygens (including phenoxy) is 1. The van der Waals surface area contributed by atoms with Crippen LogP contribution in [0.1, 0.15) is 49.9 Å². The first-order valence-corrected chi connectivity index (χ1v) is 15.4. The summed E-state index contributed by atoms with van der Waals surface area (Å²) < 4.78 is 30.2. The van der Waals surface area contributed by atoms with Crippen molar-refractivity contribution in [2.45, 2.75) is 56.4 Å². The van der Waals surface area contributed by atoms with Crippen molar-refractivity contribution in [2.24, 2.45) is 7.05 Å². The largest absolute Gasteiger partial charge is 0.494 e. The summed E-state index contributed by atoms with van der Waals surface area (Å²) in [4.78, 5) is 37.2. The van der Waals surface area contributed by atoms with E-state index in [0.717, 1.165) is 18.7 Å². The number of aliphatic hydroxyl groups is 1. The molecule has 0 aliphatic carbocycles. The zero-order valence-corrected chi connectivity index (χ0v) is 24.5. The van der Waals surface area contributed by atoms with Gasteiger partial charge in [-0.2, -0.15) is 10.1 Å². The smallest absolute Gasteiger partial charge is 0.336 e. The molecule has 0 amide bonds. The quantitative estimate of drug-likeness (QED) is 0.177. The molecule has 1 aliphatic rings. The number of likely N-dealkylation sites (tertiary alicyclic amines) is 1. The molecule has 1 aromatic carbocycles. The molecule has 1 fully saturated rings. The lowest BCUT2D eigenvalue weighted by molar-refractivity contribution is -0.170. The van der Waals surface area contributed by atoms with Crippen molar-refractivity contribution in [2.75, 3.05) is 37.8 Å². The Bertz CT molecular complexity index is 1290. The Labute approximate surface area is 244 Å². The van der Waals surface area contributed by atoms with Crippen LogP contribution in [0.2, 0.25) is 0 Å². The number of benzene rings is 1. The predicted octanol–water partition coefficient (Wildman–Crippen LogP) is 0.978. The molecule has 0 saturated carbocycles. The number of nitrogens with one attached hydrogen (secondary N) is 1. The van der Waals surface area contributed by atoms with Crippen molar-refractivity contribution in [3.05, 3.63) is 35.7 Å². The van der Waals surface area contributed by atoms with Gasteiger partial charge in [-0.3, -0.25) is 14.5 Å². The average Bonchev–Trinajstić information content (AvgIpc) is 3.21. The van der Waals surface area contributed by atoms with Crippen molar-refractivity contribution in [1.29, 1.82) is 0 Å². The fourth-order valence-corrected chi connectivity index (χ4v) is 4.76. The molecule has 42 heavy (non-hydrogen) atoms. The Hall–Kier alpha value is -3.76. The van der Waals surface area contributed by atoms with Gasteiger partial charge in [0.15, 0.2) is 21.3 Å². The van der Waals surface area contributed by atoms with E-state index in [2.05, 4.69) is 38.5 Å². The third-order valence-corrected chi connectivity index (χ3v) is 6.89. The Kier molecular flexibility index (Phi) is 13.1. The van der Waals surface area contributed by atoms with Gasteiger partial charge < -0.3 is 30.5 Å². The number of anilines is 1. The Morgan fingerprint density at radius 1 is 1.07 bits per heavy atom. The van der Waals surface area contributed by atoms with Gasteiger partial charge in [-0.1, -0.05) is 18.6 Å². The van der Waals surface area contributed by atoms with Gasteiger partial charge in [-0.15, -0.1) is 0 Å². The van der Waals surface area contributed by atoms with Gasteiger partial charge >= 0.3 is 17.9 Å². The molecule has 0 bridgehead atoms. The van der Waals surface area contributed by atoms with Crippen LogP contribution in [0.4, 0.5) is 5.95 Å². The highest BCUT2D eigenvalue weighted by molar-refractivity contribution is 7.89. The molecule has 1 aromatic heterocycles. The molecule has 234 valence electrons. The lowest BCUT2D eigenvalue weighted by Crippen LogP contribution is -2.42. The summed E-state index contributed by atoms with van der Waals surface area (Å²) in [6.45, 7) is 4.61. The first kappa shape index (κ1) is 34.4. The first-order valence-electron chi connectivity index (χ1n) is 13.3. The number of piperidine rings is 1. The standard InChI is InChI=1S/C20H31N5O3S.C6H8O7/c1-24-20(22-19(23-24)16-29(2,26)27)21-10-7-13-28-18-9-6-8-17(14-18)15-25-11-4-3-5-12-25;7-3(8)1-6(13,5(11)12)2-4(9)10/h6,8-9,14H,3-5,7,10-13,15-16H2,1-2H3,(H,21,22,23);13H,1-2H2,(H,7,8)(H,9,10)(H,11,12). The van der Waals surface area contributed by atoms with Crippen molar-refractivity contribution < 1.29 is 48.0 Å². The molecule has 0 atom stereocenters. The number of carboxylic acid groups (broad SMARTS) is 3. The third-order valence-electron chi connectivity index (χ3n) is 6.11. The fraction of sp³-hybridized carbons (Fsp3) is 0.577. The summed E-state index contributed by atoms with van der Waals surface area (Å²) in [5.74, 6) is -3.41. The number of sulfone groups is 1. The van der Waals surface area contributed by atoms with E-state index in [0.29, 0.717) is 24.9 Å². The molecule has 0 unspecified atom stereocenters. The number of carbonyl (C=O) groups is 3. The Morgan fingerprint density at radius 2 is 1.71 bits per heavy atom. The average molecular weight is 614 g/mol. The third kappa shape index (κ3) is 12.8. The van der Waals surface area contributed by atoms with E-state index in [1.807, 2.05) is 6.07 Å². The number of hydrogen-bond donors (Lipinski definition) is 5. The SMILES string of the molecule is Cn1nc(CS(C)(=O)=O)nc1NCCCOc1cccc(CN2CCCCC2)c1.O=C(O)CC(O)(CC(=O)O)C(=O)O. The molecule has 0 radical (unpaired) electrons. The monoisotopic (exact) mass is 613 g/mol. The van der Waals surface area contributed by atoms with Crippen molar-refractivity contribution in [3.8, 4) is 5.75 Å². The van der Waals surface area contributed by atoms with Gasteiger partial charge in [0.05, 0.1) is 19.4 Å². The van der Waals surface area contributed by atoms with Gasteiger partial charge in [-0.05, 0) is 50.0 Å².